The van der Waals surface area contributed by atoms with Crippen molar-refractivity contribution >= 4 is 22.5 Å². The molecule has 19 heavy (non-hydrogen) atoms. The number of aromatic nitrogens is 4. The van der Waals surface area contributed by atoms with Gasteiger partial charge in [0, 0.05) is 6.20 Å². The van der Waals surface area contributed by atoms with Crippen molar-refractivity contribution in [2.45, 2.75) is 6.92 Å². The molecule has 3 rings (SSSR count). The number of rotatable bonds is 2. The standard InChI is InChI=1S/C13H9ClN4O/c1-8-15-7-10-11(18-8)3-2-4-12(10)19-13-16-5-9(14)6-17-13/h2-7H,1H3. The van der Waals surface area contributed by atoms with Crippen LogP contribution in [0.5, 0.6) is 11.8 Å². The Balaban J connectivity index is 2.03. The van der Waals surface area contributed by atoms with Gasteiger partial charge in [-0.25, -0.2) is 19.9 Å². The molecule has 0 unspecified atom stereocenters. The van der Waals surface area contributed by atoms with E-state index < -0.39 is 0 Å². The van der Waals surface area contributed by atoms with Crippen molar-refractivity contribution in [2.24, 2.45) is 0 Å². The van der Waals surface area contributed by atoms with Crippen LogP contribution < -0.4 is 4.74 Å². The fraction of sp³-hybridized carbons (Fsp3) is 0.0769. The Labute approximate surface area is 114 Å². The van der Waals surface area contributed by atoms with Gasteiger partial charge in [-0.3, -0.25) is 0 Å². The molecule has 0 aliphatic heterocycles. The molecule has 0 N–H and O–H groups in total. The third-order valence-electron chi connectivity index (χ3n) is 2.50. The van der Waals surface area contributed by atoms with Crippen molar-refractivity contribution in [1.29, 1.82) is 0 Å². The van der Waals surface area contributed by atoms with Gasteiger partial charge in [-0.1, -0.05) is 17.7 Å². The van der Waals surface area contributed by atoms with E-state index in [0.29, 0.717) is 16.6 Å². The maximum absolute atomic E-state index is 5.73. The molecular formula is C13H9ClN4O. The third kappa shape index (κ3) is 2.46. The first-order chi connectivity index (χ1) is 9.22. The maximum atomic E-state index is 5.73. The van der Waals surface area contributed by atoms with Crippen molar-refractivity contribution < 1.29 is 4.74 Å². The van der Waals surface area contributed by atoms with Gasteiger partial charge >= 0.3 is 6.01 Å². The summed E-state index contributed by atoms with van der Waals surface area (Å²) in [6.45, 7) is 1.84. The topological polar surface area (TPSA) is 60.8 Å². The van der Waals surface area contributed by atoms with Crippen LogP contribution in [0.3, 0.4) is 0 Å². The van der Waals surface area contributed by atoms with E-state index in [1.165, 1.54) is 12.4 Å². The Morgan fingerprint density at radius 2 is 1.84 bits per heavy atom. The number of benzene rings is 1. The first kappa shape index (κ1) is 11.8. The summed E-state index contributed by atoms with van der Waals surface area (Å²) in [6, 6.07) is 5.82. The van der Waals surface area contributed by atoms with E-state index in [4.69, 9.17) is 16.3 Å². The van der Waals surface area contributed by atoms with Crippen molar-refractivity contribution in [3.63, 3.8) is 0 Å². The first-order valence-corrected chi connectivity index (χ1v) is 5.98. The van der Waals surface area contributed by atoms with Crippen molar-refractivity contribution in [2.75, 3.05) is 0 Å². The lowest BCUT2D eigenvalue weighted by atomic mass is 10.2. The Morgan fingerprint density at radius 1 is 1.05 bits per heavy atom. The summed E-state index contributed by atoms with van der Waals surface area (Å²) in [7, 11) is 0. The average Bonchev–Trinajstić information content (AvgIpc) is 2.41. The Hall–Kier alpha value is -2.27. The number of halogens is 1. The maximum Gasteiger partial charge on any atom is 0.321 e. The van der Waals surface area contributed by atoms with Gasteiger partial charge in [0.05, 0.1) is 28.3 Å². The molecule has 0 aliphatic rings. The van der Waals surface area contributed by atoms with Crippen molar-refractivity contribution in [1.82, 2.24) is 19.9 Å². The van der Waals surface area contributed by atoms with Crippen LogP contribution in [0.4, 0.5) is 0 Å². The zero-order valence-electron chi connectivity index (χ0n) is 10.0. The molecule has 0 bridgehead atoms. The van der Waals surface area contributed by atoms with Crippen molar-refractivity contribution in [3.05, 3.63) is 47.6 Å². The van der Waals surface area contributed by atoms with Crippen LogP contribution in [0, 0.1) is 6.92 Å². The molecule has 0 radical (unpaired) electrons. The van der Waals surface area contributed by atoms with E-state index in [2.05, 4.69) is 19.9 Å². The summed E-state index contributed by atoms with van der Waals surface area (Å²) in [4.78, 5) is 16.5. The number of hydrogen-bond donors (Lipinski definition) is 0. The van der Waals surface area contributed by atoms with Gasteiger partial charge in [-0.15, -0.1) is 0 Å². The lowest BCUT2D eigenvalue weighted by Gasteiger charge is -2.06. The fourth-order valence-corrected chi connectivity index (χ4v) is 1.76. The summed E-state index contributed by atoms with van der Waals surface area (Å²) >= 11 is 5.73. The molecular weight excluding hydrogens is 264 g/mol. The van der Waals surface area contributed by atoms with Gasteiger partial charge in [0.1, 0.15) is 11.6 Å². The van der Waals surface area contributed by atoms with Gasteiger partial charge in [0.2, 0.25) is 0 Å². The summed E-state index contributed by atoms with van der Waals surface area (Å²) in [5.74, 6) is 1.33. The molecule has 0 spiro atoms. The number of ether oxygens (including phenoxy) is 1. The van der Waals surface area contributed by atoms with Gasteiger partial charge in [-0.2, -0.15) is 0 Å². The largest absolute Gasteiger partial charge is 0.424 e. The van der Waals surface area contributed by atoms with Crippen molar-refractivity contribution in [3.8, 4) is 11.8 Å². The lowest BCUT2D eigenvalue weighted by molar-refractivity contribution is 0.446. The first-order valence-electron chi connectivity index (χ1n) is 5.60. The van der Waals surface area contributed by atoms with Crippen LogP contribution in [0.15, 0.2) is 36.8 Å². The second-order valence-corrected chi connectivity index (χ2v) is 4.33. The van der Waals surface area contributed by atoms with E-state index in [1.807, 2.05) is 25.1 Å². The van der Waals surface area contributed by atoms with E-state index in [9.17, 15) is 0 Å². The van der Waals surface area contributed by atoms with Crippen LogP contribution in [0.25, 0.3) is 10.9 Å². The molecule has 2 heterocycles. The van der Waals surface area contributed by atoms with E-state index >= 15 is 0 Å². The predicted molar refractivity (Wildman–Crippen MR) is 71.4 cm³/mol. The second kappa shape index (κ2) is 4.78. The molecule has 0 aliphatic carbocycles. The number of aryl methyl sites for hydroxylation is 1. The summed E-state index contributed by atoms with van der Waals surface area (Å²) < 4.78 is 5.63. The number of fused-ring (bicyclic) bond motifs is 1. The highest BCUT2D eigenvalue weighted by atomic mass is 35.5. The zero-order chi connectivity index (χ0) is 13.2. The van der Waals surface area contributed by atoms with Gasteiger partial charge in [0.15, 0.2) is 0 Å². The molecule has 1 aromatic carbocycles. The minimum absolute atomic E-state index is 0.234. The number of hydrogen-bond acceptors (Lipinski definition) is 5. The summed E-state index contributed by atoms with van der Waals surface area (Å²) in [5, 5.41) is 1.27. The molecule has 94 valence electrons. The van der Waals surface area contributed by atoms with Crippen LogP contribution in [0.2, 0.25) is 5.02 Å². The van der Waals surface area contributed by atoms with Crippen LogP contribution in [-0.4, -0.2) is 19.9 Å². The van der Waals surface area contributed by atoms with Gasteiger partial charge in [-0.05, 0) is 19.1 Å². The molecule has 5 nitrogen and oxygen atoms in total. The quantitative estimate of drug-likeness (QED) is 0.717. The minimum atomic E-state index is 0.234. The normalized spacial score (nSPS) is 10.6. The Kier molecular flexibility index (Phi) is 2.97. The minimum Gasteiger partial charge on any atom is -0.424 e. The van der Waals surface area contributed by atoms with Gasteiger partial charge < -0.3 is 4.74 Å². The molecule has 3 aromatic rings. The fourth-order valence-electron chi connectivity index (χ4n) is 1.66. The molecule has 0 atom stereocenters. The van der Waals surface area contributed by atoms with Gasteiger partial charge in [0.25, 0.3) is 0 Å². The predicted octanol–water partition coefficient (Wildman–Crippen LogP) is 3.17. The highest BCUT2D eigenvalue weighted by molar-refractivity contribution is 6.30. The van der Waals surface area contributed by atoms with E-state index in [1.54, 1.807) is 6.20 Å². The molecule has 0 saturated heterocycles. The molecule has 0 fully saturated rings. The van der Waals surface area contributed by atoms with Crippen LogP contribution in [0.1, 0.15) is 5.82 Å². The van der Waals surface area contributed by atoms with E-state index in [0.717, 1.165) is 10.9 Å². The molecule has 0 amide bonds. The highest BCUT2D eigenvalue weighted by Crippen LogP contribution is 2.26. The summed E-state index contributed by atoms with van der Waals surface area (Å²) in [5.41, 5.74) is 0.818. The Bertz CT molecular complexity index is 730. The highest BCUT2D eigenvalue weighted by Gasteiger charge is 2.06. The summed E-state index contributed by atoms with van der Waals surface area (Å²) in [6.07, 6.45) is 4.69. The van der Waals surface area contributed by atoms with Crippen LogP contribution in [-0.2, 0) is 0 Å². The second-order valence-electron chi connectivity index (χ2n) is 3.89. The third-order valence-corrected chi connectivity index (χ3v) is 2.70. The molecule has 6 heteroatoms. The smallest absolute Gasteiger partial charge is 0.321 e. The average molecular weight is 273 g/mol. The SMILES string of the molecule is Cc1ncc2c(Oc3ncc(Cl)cn3)cccc2n1. The van der Waals surface area contributed by atoms with E-state index in [-0.39, 0.29) is 6.01 Å². The Morgan fingerprint density at radius 3 is 2.63 bits per heavy atom. The molecule has 2 aromatic heterocycles. The monoisotopic (exact) mass is 272 g/mol. The number of nitrogens with zero attached hydrogens (tertiary/aromatic N) is 4. The van der Waals surface area contributed by atoms with Crippen LogP contribution >= 0.6 is 11.6 Å². The lowest BCUT2D eigenvalue weighted by Crippen LogP contribution is -1.94. The zero-order valence-corrected chi connectivity index (χ0v) is 10.8. The molecule has 0 saturated carbocycles.